The smallest absolute Gasteiger partial charge is 0.306 e. The monoisotopic (exact) mass is 270 g/mol. The summed E-state index contributed by atoms with van der Waals surface area (Å²) >= 11 is 0. The van der Waals surface area contributed by atoms with Crippen molar-refractivity contribution >= 4 is 11.9 Å². The van der Waals surface area contributed by atoms with Crippen LogP contribution in [0.5, 0.6) is 0 Å². The van der Waals surface area contributed by atoms with Crippen LogP contribution in [-0.2, 0) is 9.59 Å². The molecule has 0 aliphatic heterocycles. The van der Waals surface area contributed by atoms with Crippen LogP contribution in [0.3, 0.4) is 0 Å². The Labute approximate surface area is 115 Å². The summed E-state index contributed by atoms with van der Waals surface area (Å²) in [6.45, 7) is 4.98. The van der Waals surface area contributed by atoms with Crippen molar-refractivity contribution in [1.82, 2.24) is 10.6 Å². The zero-order valence-electron chi connectivity index (χ0n) is 11.9. The molecular formula is C14H26N2O3. The number of aliphatic carboxylic acids is 1. The number of hydrogen-bond acceptors (Lipinski definition) is 3. The van der Waals surface area contributed by atoms with Gasteiger partial charge in [-0.1, -0.05) is 19.8 Å². The molecule has 1 saturated carbocycles. The van der Waals surface area contributed by atoms with E-state index in [0.29, 0.717) is 6.54 Å². The van der Waals surface area contributed by atoms with E-state index in [9.17, 15) is 9.59 Å². The summed E-state index contributed by atoms with van der Waals surface area (Å²) in [5.41, 5.74) is 0. The number of carboxylic acid groups (broad SMARTS) is 1. The average molecular weight is 270 g/mol. The van der Waals surface area contributed by atoms with E-state index in [1.807, 2.05) is 6.92 Å². The number of rotatable bonds is 8. The Morgan fingerprint density at radius 1 is 1.37 bits per heavy atom. The zero-order chi connectivity index (χ0) is 14.3. The lowest BCUT2D eigenvalue weighted by Crippen LogP contribution is -2.40. The Bertz CT molecular complexity index is 307. The largest absolute Gasteiger partial charge is 0.481 e. The van der Waals surface area contributed by atoms with Crippen LogP contribution in [-0.4, -0.2) is 36.1 Å². The average Bonchev–Trinajstić information content (AvgIpc) is 2.77. The summed E-state index contributed by atoms with van der Waals surface area (Å²) in [5, 5.41) is 15.1. The second-order valence-corrected chi connectivity index (χ2v) is 5.52. The van der Waals surface area contributed by atoms with Gasteiger partial charge in [0.1, 0.15) is 0 Å². The molecule has 0 aromatic carbocycles. The van der Waals surface area contributed by atoms with E-state index in [-0.39, 0.29) is 30.3 Å². The molecule has 0 bridgehead atoms. The SMILES string of the molecule is CCCC(C)NC(=O)CNCC1CCCC1C(=O)O. The molecule has 1 amide bonds. The van der Waals surface area contributed by atoms with E-state index < -0.39 is 5.97 Å². The summed E-state index contributed by atoms with van der Waals surface area (Å²) in [5.74, 6) is -0.788. The first-order valence-electron chi connectivity index (χ1n) is 7.27. The minimum absolute atomic E-state index is 0.00850. The molecule has 1 aliphatic carbocycles. The van der Waals surface area contributed by atoms with Crippen LogP contribution in [0.25, 0.3) is 0 Å². The summed E-state index contributed by atoms with van der Waals surface area (Å²) < 4.78 is 0. The minimum Gasteiger partial charge on any atom is -0.481 e. The molecule has 0 spiro atoms. The number of amides is 1. The van der Waals surface area contributed by atoms with E-state index in [4.69, 9.17) is 5.11 Å². The summed E-state index contributed by atoms with van der Waals surface area (Å²) in [6, 6.07) is 0.206. The van der Waals surface area contributed by atoms with Crippen molar-refractivity contribution in [3.8, 4) is 0 Å². The van der Waals surface area contributed by atoms with Crippen LogP contribution in [0, 0.1) is 11.8 Å². The molecule has 19 heavy (non-hydrogen) atoms. The molecule has 1 rings (SSSR count). The van der Waals surface area contributed by atoms with Crippen molar-refractivity contribution in [3.05, 3.63) is 0 Å². The highest BCUT2D eigenvalue weighted by molar-refractivity contribution is 5.78. The minimum atomic E-state index is -0.703. The first kappa shape index (κ1) is 16.0. The van der Waals surface area contributed by atoms with Crippen LogP contribution in [0.2, 0.25) is 0 Å². The molecule has 0 aromatic heterocycles. The van der Waals surface area contributed by atoms with E-state index in [1.54, 1.807) is 0 Å². The van der Waals surface area contributed by atoms with E-state index in [0.717, 1.165) is 32.1 Å². The van der Waals surface area contributed by atoms with Crippen LogP contribution >= 0.6 is 0 Å². The number of carboxylic acids is 1. The van der Waals surface area contributed by atoms with Gasteiger partial charge in [-0.15, -0.1) is 0 Å². The number of hydrogen-bond donors (Lipinski definition) is 3. The quantitative estimate of drug-likeness (QED) is 0.622. The van der Waals surface area contributed by atoms with Crippen LogP contribution in [0.1, 0.15) is 46.0 Å². The Hall–Kier alpha value is -1.10. The topological polar surface area (TPSA) is 78.4 Å². The van der Waals surface area contributed by atoms with Gasteiger partial charge in [0.2, 0.25) is 5.91 Å². The van der Waals surface area contributed by atoms with Gasteiger partial charge in [0.15, 0.2) is 0 Å². The molecule has 1 fully saturated rings. The Balaban J connectivity index is 2.19. The predicted octanol–water partition coefficient (Wildman–Crippen LogP) is 1.38. The summed E-state index contributed by atoms with van der Waals surface area (Å²) in [4.78, 5) is 22.6. The zero-order valence-corrected chi connectivity index (χ0v) is 11.9. The van der Waals surface area contributed by atoms with Gasteiger partial charge in [-0.2, -0.15) is 0 Å². The molecule has 0 saturated heterocycles. The standard InChI is InChI=1S/C14H26N2O3/c1-3-5-10(2)16-13(17)9-15-8-11-6-4-7-12(11)14(18)19/h10-12,15H,3-9H2,1-2H3,(H,16,17)(H,18,19). The van der Waals surface area contributed by atoms with Gasteiger partial charge >= 0.3 is 5.97 Å². The number of nitrogens with one attached hydrogen (secondary N) is 2. The molecule has 110 valence electrons. The predicted molar refractivity (Wildman–Crippen MR) is 73.8 cm³/mol. The lowest BCUT2D eigenvalue weighted by atomic mass is 9.96. The lowest BCUT2D eigenvalue weighted by molar-refractivity contribution is -0.142. The highest BCUT2D eigenvalue weighted by Gasteiger charge is 2.32. The second kappa shape index (κ2) is 8.15. The highest BCUT2D eigenvalue weighted by Crippen LogP contribution is 2.31. The maximum Gasteiger partial charge on any atom is 0.306 e. The summed E-state index contributed by atoms with van der Waals surface area (Å²) in [7, 11) is 0. The van der Waals surface area contributed by atoms with Gasteiger partial charge in [-0.25, -0.2) is 0 Å². The van der Waals surface area contributed by atoms with Crippen LogP contribution < -0.4 is 10.6 Å². The van der Waals surface area contributed by atoms with Gasteiger partial charge in [0, 0.05) is 6.04 Å². The van der Waals surface area contributed by atoms with Crippen molar-refractivity contribution in [3.63, 3.8) is 0 Å². The van der Waals surface area contributed by atoms with Crippen molar-refractivity contribution in [2.24, 2.45) is 11.8 Å². The molecule has 0 aromatic rings. The molecule has 0 heterocycles. The third kappa shape index (κ3) is 5.59. The van der Waals surface area contributed by atoms with Crippen molar-refractivity contribution in [2.45, 2.75) is 52.0 Å². The van der Waals surface area contributed by atoms with Gasteiger partial charge in [-0.3, -0.25) is 9.59 Å². The molecule has 3 unspecified atom stereocenters. The number of carbonyl (C=O) groups is 2. The van der Waals surface area contributed by atoms with Crippen molar-refractivity contribution in [1.29, 1.82) is 0 Å². The fourth-order valence-electron chi connectivity index (χ4n) is 2.81. The molecule has 5 heteroatoms. The third-order valence-corrected chi connectivity index (χ3v) is 3.80. The van der Waals surface area contributed by atoms with E-state index in [2.05, 4.69) is 17.6 Å². The maximum atomic E-state index is 11.6. The molecule has 0 radical (unpaired) electrons. The van der Waals surface area contributed by atoms with E-state index in [1.165, 1.54) is 0 Å². The van der Waals surface area contributed by atoms with Gasteiger partial charge in [0.05, 0.1) is 12.5 Å². The van der Waals surface area contributed by atoms with E-state index >= 15 is 0 Å². The molecule has 3 atom stereocenters. The fraction of sp³-hybridized carbons (Fsp3) is 0.857. The Morgan fingerprint density at radius 2 is 2.11 bits per heavy atom. The van der Waals surface area contributed by atoms with Gasteiger partial charge < -0.3 is 15.7 Å². The highest BCUT2D eigenvalue weighted by atomic mass is 16.4. The molecular weight excluding hydrogens is 244 g/mol. The fourth-order valence-corrected chi connectivity index (χ4v) is 2.81. The third-order valence-electron chi connectivity index (χ3n) is 3.80. The molecule has 5 nitrogen and oxygen atoms in total. The Kier molecular flexibility index (Phi) is 6.84. The van der Waals surface area contributed by atoms with Crippen molar-refractivity contribution < 1.29 is 14.7 Å². The normalized spacial score (nSPS) is 24.1. The Morgan fingerprint density at radius 3 is 2.74 bits per heavy atom. The van der Waals surface area contributed by atoms with Crippen LogP contribution in [0.15, 0.2) is 0 Å². The maximum absolute atomic E-state index is 11.6. The second-order valence-electron chi connectivity index (χ2n) is 5.52. The van der Waals surface area contributed by atoms with Crippen LogP contribution in [0.4, 0.5) is 0 Å². The lowest BCUT2D eigenvalue weighted by Gasteiger charge is -2.17. The van der Waals surface area contributed by atoms with Gasteiger partial charge in [-0.05, 0) is 38.6 Å². The summed E-state index contributed by atoms with van der Waals surface area (Å²) in [6.07, 6.45) is 4.72. The molecule has 1 aliphatic rings. The van der Waals surface area contributed by atoms with Crippen molar-refractivity contribution in [2.75, 3.05) is 13.1 Å². The number of carbonyl (C=O) groups excluding carboxylic acids is 1. The van der Waals surface area contributed by atoms with Gasteiger partial charge in [0.25, 0.3) is 0 Å². The molecule has 3 N–H and O–H groups in total. The first-order valence-corrected chi connectivity index (χ1v) is 7.27. The first-order chi connectivity index (χ1) is 9.04.